The standard InChI is InChI=1S/C8H14ClN3O/c1-7(2)13-4-3-12-6-10-11-8(12)5-9/h6-7H,3-5H2,1-2H3. The van der Waals surface area contributed by atoms with Crippen molar-refractivity contribution in [1.29, 1.82) is 0 Å². The van der Waals surface area contributed by atoms with E-state index in [1.807, 2.05) is 18.4 Å². The quantitative estimate of drug-likeness (QED) is 0.680. The fourth-order valence-corrected chi connectivity index (χ4v) is 1.16. The Hall–Kier alpha value is -0.610. The van der Waals surface area contributed by atoms with Crippen LogP contribution in [0, 0.1) is 0 Å². The van der Waals surface area contributed by atoms with Gasteiger partial charge >= 0.3 is 0 Å². The number of hydrogen-bond acceptors (Lipinski definition) is 3. The predicted octanol–water partition coefficient (Wildman–Crippen LogP) is 1.44. The Bertz CT molecular complexity index is 249. The first-order chi connectivity index (χ1) is 6.24. The van der Waals surface area contributed by atoms with Crippen molar-refractivity contribution in [2.45, 2.75) is 32.4 Å². The Morgan fingerprint density at radius 1 is 1.62 bits per heavy atom. The summed E-state index contributed by atoms with van der Waals surface area (Å²) in [4.78, 5) is 0. The highest BCUT2D eigenvalue weighted by atomic mass is 35.5. The number of rotatable bonds is 5. The third-order valence-corrected chi connectivity index (χ3v) is 1.84. The molecule has 74 valence electrons. The molecule has 0 N–H and O–H groups in total. The summed E-state index contributed by atoms with van der Waals surface area (Å²) in [5, 5.41) is 7.62. The minimum absolute atomic E-state index is 0.260. The summed E-state index contributed by atoms with van der Waals surface area (Å²) in [5.41, 5.74) is 0. The van der Waals surface area contributed by atoms with Crippen molar-refractivity contribution in [3.8, 4) is 0 Å². The van der Waals surface area contributed by atoms with Crippen molar-refractivity contribution in [2.24, 2.45) is 0 Å². The maximum Gasteiger partial charge on any atom is 0.147 e. The number of hydrogen-bond donors (Lipinski definition) is 0. The van der Waals surface area contributed by atoms with Crippen LogP contribution in [0.4, 0.5) is 0 Å². The van der Waals surface area contributed by atoms with E-state index in [1.165, 1.54) is 0 Å². The van der Waals surface area contributed by atoms with Crippen LogP contribution in [-0.4, -0.2) is 27.5 Å². The molecule has 0 saturated carbocycles. The van der Waals surface area contributed by atoms with Crippen LogP contribution < -0.4 is 0 Å². The van der Waals surface area contributed by atoms with Gasteiger partial charge in [0.15, 0.2) is 0 Å². The first kappa shape index (κ1) is 10.5. The van der Waals surface area contributed by atoms with Crippen LogP contribution in [0.2, 0.25) is 0 Å². The topological polar surface area (TPSA) is 39.9 Å². The second-order valence-electron chi connectivity index (χ2n) is 2.99. The lowest BCUT2D eigenvalue weighted by atomic mass is 10.5. The molecule has 1 aromatic rings. The summed E-state index contributed by atoms with van der Waals surface area (Å²) in [6.07, 6.45) is 1.93. The normalized spacial score (nSPS) is 11.1. The van der Waals surface area contributed by atoms with Gasteiger partial charge < -0.3 is 9.30 Å². The predicted molar refractivity (Wildman–Crippen MR) is 50.7 cm³/mol. The van der Waals surface area contributed by atoms with E-state index in [0.29, 0.717) is 12.5 Å². The molecule has 0 unspecified atom stereocenters. The van der Waals surface area contributed by atoms with Gasteiger partial charge in [-0.1, -0.05) is 0 Å². The van der Waals surface area contributed by atoms with E-state index in [1.54, 1.807) is 6.33 Å². The van der Waals surface area contributed by atoms with Crippen LogP contribution in [0.25, 0.3) is 0 Å². The Kier molecular flexibility index (Phi) is 4.18. The van der Waals surface area contributed by atoms with Crippen molar-refractivity contribution in [1.82, 2.24) is 14.8 Å². The number of ether oxygens (including phenoxy) is 1. The molecule has 0 aromatic carbocycles. The van der Waals surface area contributed by atoms with Crippen molar-refractivity contribution in [3.63, 3.8) is 0 Å². The molecule has 0 spiro atoms. The van der Waals surface area contributed by atoms with Crippen LogP contribution in [-0.2, 0) is 17.2 Å². The second-order valence-corrected chi connectivity index (χ2v) is 3.26. The van der Waals surface area contributed by atoms with Gasteiger partial charge in [-0.05, 0) is 13.8 Å². The molecule has 0 amide bonds. The van der Waals surface area contributed by atoms with Gasteiger partial charge in [0.1, 0.15) is 12.2 Å². The average Bonchev–Trinajstić information content (AvgIpc) is 2.51. The van der Waals surface area contributed by atoms with Gasteiger partial charge in [-0.3, -0.25) is 0 Å². The summed E-state index contributed by atoms with van der Waals surface area (Å²) in [6.45, 7) is 5.44. The summed E-state index contributed by atoms with van der Waals surface area (Å²) in [5.74, 6) is 1.18. The average molecular weight is 204 g/mol. The molecule has 0 bridgehead atoms. The van der Waals surface area contributed by atoms with Gasteiger partial charge in [0.2, 0.25) is 0 Å². The highest BCUT2D eigenvalue weighted by molar-refractivity contribution is 6.16. The van der Waals surface area contributed by atoms with E-state index in [4.69, 9.17) is 16.3 Å². The largest absolute Gasteiger partial charge is 0.377 e. The zero-order valence-corrected chi connectivity index (χ0v) is 8.66. The molecule has 1 aromatic heterocycles. The van der Waals surface area contributed by atoms with Crippen LogP contribution in [0.3, 0.4) is 0 Å². The van der Waals surface area contributed by atoms with Crippen LogP contribution in [0.15, 0.2) is 6.33 Å². The molecule has 0 fully saturated rings. The van der Waals surface area contributed by atoms with Crippen LogP contribution in [0.5, 0.6) is 0 Å². The fourth-order valence-electron chi connectivity index (χ4n) is 0.956. The second kappa shape index (κ2) is 5.19. The van der Waals surface area contributed by atoms with E-state index >= 15 is 0 Å². The van der Waals surface area contributed by atoms with Gasteiger partial charge in [0, 0.05) is 6.54 Å². The lowest BCUT2D eigenvalue weighted by molar-refractivity contribution is 0.0723. The molecule has 1 rings (SSSR count). The Morgan fingerprint density at radius 3 is 3.00 bits per heavy atom. The Morgan fingerprint density at radius 2 is 2.38 bits per heavy atom. The molecule has 1 heterocycles. The SMILES string of the molecule is CC(C)OCCn1cnnc1CCl. The molecular weight excluding hydrogens is 190 g/mol. The highest BCUT2D eigenvalue weighted by Gasteiger charge is 2.01. The zero-order chi connectivity index (χ0) is 9.68. The molecule has 4 nitrogen and oxygen atoms in total. The van der Waals surface area contributed by atoms with Gasteiger partial charge in [0.05, 0.1) is 18.6 Å². The molecule has 0 aliphatic heterocycles. The minimum Gasteiger partial charge on any atom is -0.377 e. The van der Waals surface area contributed by atoms with E-state index in [9.17, 15) is 0 Å². The zero-order valence-electron chi connectivity index (χ0n) is 7.90. The first-order valence-electron chi connectivity index (χ1n) is 4.28. The molecule has 13 heavy (non-hydrogen) atoms. The smallest absolute Gasteiger partial charge is 0.147 e. The van der Waals surface area contributed by atoms with Gasteiger partial charge in [-0.15, -0.1) is 21.8 Å². The molecular formula is C8H14ClN3O. The Balaban J connectivity index is 2.36. The van der Waals surface area contributed by atoms with Crippen molar-refractivity contribution in [2.75, 3.05) is 6.61 Å². The van der Waals surface area contributed by atoms with Crippen molar-refractivity contribution < 1.29 is 4.74 Å². The lowest BCUT2D eigenvalue weighted by Gasteiger charge is -2.08. The first-order valence-corrected chi connectivity index (χ1v) is 4.81. The van der Waals surface area contributed by atoms with Crippen LogP contribution in [0.1, 0.15) is 19.7 Å². The third-order valence-electron chi connectivity index (χ3n) is 1.60. The summed E-state index contributed by atoms with van der Waals surface area (Å²) < 4.78 is 7.29. The molecule has 0 saturated heterocycles. The van der Waals surface area contributed by atoms with Gasteiger partial charge in [-0.25, -0.2) is 0 Å². The minimum atomic E-state index is 0.260. The molecule has 0 atom stereocenters. The van der Waals surface area contributed by atoms with Crippen molar-refractivity contribution in [3.05, 3.63) is 12.2 Å². The van der Waals surface area contributed by atoms with E-state index in [2.05, 4.69) is 10.2 Å². The number of alkyl halides is 1. The monoisotopic (exact) mass is 203 g/mol. The maximum absolute atomic E-state index is 5.65. The Labute approximate surface area is 82.9 Å². The summed E-state index contributed by atoms with van der Waals surface area (Å²) >= 11 is 5.65. The fraction of sp³-hybridized carbons (Fsp3) is 0.750. The molecule has 5 heteroatoms. The summed E-state index contributed by atoms with van der Waals surface area (Å²) in [6, 6.07) is 0. The summed E-state index contributed by atoms with van der Waals surface area (Å²) in [7, 11) is 0. The molecule has 0 radical (unpaired) electrons. The number of nitrogens with zero attached hydrogens (tertiary/aromatic N) is 3. The highest BCUT2D eigenvalue weighted by Crippen LogP contribution is 1.99. The molecule has 0 aliphatic rings. The maximum atomic E-state index is 5.65. The van der Waals surface area contributed by atoms with Gasteiger partial charge in [-0.2, -0.15) is 0 Å². The van der Waals surface area contributed by atoms with Gasteiger partial charge in [0.25, 0.3) is 0 Å². The lowest BCUT2D eigenvalue weighted by Crippen LogP contribution is -2.11. The van der Waals surface area contributed by atoms with Crippen molar-refractivity contribution >= 4 is 11.6 Å². The number of halogens is 1. The van der Waals surface area contributed by atoms with Crippen LogP contribution >= 0.6 is 11.6 Å². The van der Waals surface area contributed by atoms with E-state index in [0.717, 1.165) is 12.4 Å². The number of aromatic nitrogens is 3. The molecule has 0 aliphatic carbocycles. The van der Waals surface area contributed by atoms with E-state index in [-0.39, 0.29) is 6.10 Å². The third kappa shape index (κ3) is 3.32. The van der Waals surface area contributed by atoms with E-state index < -0.39 is 0 Å².